The van der Waals surface area contributed by atoms with Crippen LogP contribution in [0.1, 0.15) is 46.5 Å². The Kier molecular flexibility index (Phi) is 5.98. The van der Waals surface area contributed by atoms with Crippen LogP contribution in [0.3, 0.4) is 0 Å². The van der Waals surface area contributed by atoms with E-state index in [4.69, 9.17) is 0 Å². The number of nitrogens with one attached hydrogen (secondary N) is 1. The van der Waals surface area contributed by atoms with Crippen molar-refractivity contribution in [1.82, 2.24) is 5.32 Å². The summed E-state index contributed by atoms with van der Waals surface area (Å²) >= 11 is 0. The molecule has 4 unspecified atom stereocenters. The predicted octanol–water partition coefficient (Wildman–Crippen LogP) is 2.56. The quantitative estimate of drug-likeness (QED) is 0.806. The summed E-state index contributed by atoms with van der Waals surface area (Å²) in [6.07, 6.45) is 6.91. The van der Waals surface area contributed by atoms with Crippen LogP contribution in [0.2, 0.25) is 0 Å². The molecule has 0 aliphatic heterocycles. The van der Waals surface area contributed by atoms with Crippen LogP contribution in [0, 0.1) is 11.8 Å². The van der Waals surface area contributed by atoms with Gasteiger partial charge in [-0.15, -0.1) is 0 Å². The van der Waals surface area contributed by atoms with Gasteiger partial charge in [-0.05, 0) is 38.0 Å². The van der Waals surface area contributed by atoms with Crippen LogP contribution in [0.5, 0.6) is 0 Å². The second-order valence-electron chi connectivity index (χ2n) is 5.54. The molecular weight excluding hydrogens is 218 g/mol. The molecule has 0 aromatic carbocycles. The van der Waals surface area contributed by atoms with Crippen LogP contribution in [-0.2, 0) is 10.8 Å². The molecule has 0 radical (unpaired) electrons. The van der Waals surface area contributed by atoms with Crippen molar-refractivity contribution < 1.29 is 4.21 Å². The fraction of sp³-hybridized carbons (Fsp3) is 1.00. The lowest BCUT2D eigenvalue weighted by atomic mass is 9.78. The lowest BCUT2D eigenvalue weighted by Gasteiger charge is -2.37. The largest absolute Gasteiger partial charge is 0.311 e. The first kappa shape index (κ1) is 14.2. The fourth-order valence-electron chi connectivity index (χ4n) is 2.76. The maximum absolute atomic E-state index is 11.1. The molecule has 96 valence electrons. The second kappa shape index (κ2) is 6.75. The van der Waals surface area contributed by atoms with Crippen molar-refractivity contribution in [3.63, 3.8) is 0 Å². The highest BCUT2D eigenvalue weighted by Crippen LogP contribution is 2.29. The molecule has 2 nitrogen and oxygen atoms in total. The maximum atomic E-state index is 11.1. The Hall–Kier alpha value is 0.110. The van der Waals surface area contributed by atoms with Gasteiger partial charge < -0.3 is 5.32 Å². The molecule has 1 fully saturated rings. The molecule has 4 atom stereocenters. The summed E-state index contributed by atoms with van der Waals surface area (Å²) in [7, 11) is -0.650. The first-order valence-electron chi connectivity index (χ1n) is 6.56. The fourth-order valence-corrected chi connectivity index (χ4v) is 3.45. The monoisotopic (exact) mass is 245 g/mol. The van der Waals surface area contributed by atoms with E-state index in [2.05, 4.69) is 26.1 Å². The third kappa shape index (κ3) is 4.54. The average molecular weight is 245 g/mol. The molecule has 0 amide bonds. The maximum Gasteiger partial charge on any atom is 0.0246 e. The minimum atomic E-state index is -0.650. The Morgan fingerprint density at radius 3 is 2.38 bits per heavy atom. The van der Waals surface area contributed by atoms with Gasteiger partial charge in [-0.25, -0.2) is 0 Å². The van der Waals surface area contributed by atoms with Crippen LogP contribution in [0.4, 0.5) is 0 Å². The van der Waals surface area contributed by atoms with Crippen molar-refractivity contribution in [2.24, 2.45) is 11.8 Å². The van der Waals surface area contributed by atoms with Gasteiger partial charge in [0.25, 0.3) is 0 Å². The summed E-state index contributed by atoms with van der Waals surface area (Å²) in [5.74, 6) is 2.40. The molecule has 0 aromatic heterocycles. The molecule has 3 heteroatoms. The normalized spacial score (nSPS) is 34.6. The molecule has 0 spiro atoms. The minimum Gasteiger partial charge on any atom is -0.311 e. The van der Waals surface area contributed by atoms with Gasteiger partial charge in [0.15, 0.2) is 0 Å². The minimum absolute atomic E-state index is 0.497. The SMILES string of the molecule is CC(CCS(C)=O)NC1C(C)CCCC1C. The first-order chi connectivity index (χ1) is 7.50. The van der Waals surface area contributed by atoms with E-state index in [-0.39, 0.29) is 0 Å². The van der Waals surface area contributed by atoms with Crippen molar-refractivity contribution in [2.75, 3.05) is 12.0 Å². The second-order valence-corrected chi connectivity index (χ2v) is 7.10. The van der Waals surface area contributed by atoms with Gasteiger partial charge in [-0.2, -0.15) is 0 Å². The molecular formula is C13H27NOS. The van der Waals surface area contributed by atoms with Crippen LogP contribution in [0.15, 0.2) is 0 Å². The summed E-state index contributed by atoms with van der Waals surface area (Å²) in [5.41, 5.74) is 0. The Balaban J connectivity index is 2.35. The molecule has 0 heterocycles. The molecule has 1 rings (SSSR count). The topological polar surface area (TPSA) is 29.1 Å². The summed E-state index contributed by atoms with van der Waals surface area (Å²) in [4.78, 5) is 0. The lowest BCUT2D eigenvalue weighted by molar-refractivity contribution is 0.194. The summed E-state index contributed by atoms with van der Waals surface area (Å²) in [5, 5.41) is 3.74. The van der Waals surface area contributed by atoms with Crippen molar-refractivity contribution >= 4 is 10.8 Å². The van der Waals surface area contributed by atoms with Gasteiger partial charge in [-0.1, -0.05) is 20.3 Å². The molecule has 0 aromatic rings. The zero-order chi connectivity index (χ0) is 12.1. The van der Waals surface area contributed by atoms with Crippen molar-refractivity contribution in [2.45, 2.75) is 58.5 Å². The molecule has 1 saturated carbocycles. The predicted molar refractivity (Wildman–Crippen MR) is 72.1 cm³/mol. The number of hydrogen-bond donors (Lipinski definition) is 1. The molecule has 0 saturated heterocycles. The Labute approximate surface area is 103 Å². The highest BCUT2D eigenvalue weighted by atomic mass is 32.2. The average Bonchev–Trinajstić information content (AvgIpc) is 2.21. The van der Waals surface area contributed by atoms with Gasteiger partial charge >= 0.3 is 0 Å². The van der Waals surface area contributed by atoms with Gasteiger partial charge in [0, 0.05) is 34.9 Å². The van der Waals surface area contributed by atoms with E-state index in [0.717, 1.165) is 24.0 Å². The van der Waals surface area contributed by atoms with Crippen molar-refractivity contribution in [3.8, 4) is 0 Å². The van der Waals surface area contributed by atoms with Crippen LogP contribution in [0.25, 0.3) is 0 Å². The van der Waals surface area contributed by atoms with Crippen molar-refractivity contribution in [3.05, 3.63) is 0 Å². The van der Waals surface area contributed by atoms with Crippen molar-refractivity contribution in [1.29, 1.82) is 0 Å². The third-order valence-electron chi connectivity index (χ3n) is 3.86. The van der Waals surface area contributed by atoms with E-state index in [0.29, 0.717) is 12.1 Å². The number of rotatable bonds is 5. The van der Waals surface area contributed by atoms with Gasteiger partial charge in [0.2, 0.25) is 0 Å². The van der Waals surface area contributed by atoms with Gasteiger partial charge in [-0.3, -0.25) is 4.21 Å². The third-order valence-corrected chi connectivity index (χ3v) is 4.67. The Morgan fingerprint density at radius 2 is 1.88 bits per heavy atom. The van der Waals surface area contributed by atoms with E-state index in [9.17, 15) is 4.21 Å². The smallest absolute Gasteiger partial charge is 0.0246 e. The number of hydrogen-bond acceptors (Lipinski definition) is 2. The standard InChI is InChI=1S/C13H27NOS/c1-10-6-5-7-11(2)13(10)14-12(3)8-9-16(4)15/h10-14H,5-9H2,1-4H3. The zero-order valence-corrected chi connectivity index (χ0v) is 12.0. The van der Waals surface area contributed by atoms with E-state index in [1.54, 1.807) is 6.26 Å². The van der Waals surface area contributed by atoms with E-state index in [1.807, 2.05) is 0 Å². The lowest BCUT2D eigenvalue weighted by Crippen LogP contribution is -2.47. The molecule has 1 aliphatic rings. The van der Waals surface area contributed by atoms with Gasteiger partial charge in [0.05, 0.1) is 0 Å². The highest BCUT2D eigenvalue weighted by Gasteiger charge is 2.28. The van der Waals surface area contributed by atoms with E-state index in [1.165, 1.54) is 19.3 Å². The van der Waals surface area contributed by atoms with Crippen LogP contribution < -0.4 is 5.32 Å². The molecule has 0 bridgehead atoms. The summed E-state index contributed by atoms with van der Waals surface area (Å²) in [6.45, 7) is 6.94. The van der Waals surface area contributed by atoms with Crippen LogP contribution in [-0.4, -0.2) is 28.3 Å². The van der Waals surface area contributed by atoms with Crippen LogP contribution >= 0.6 is 0 Å². The molecule has 1 N–H and O–H groups in total. The van der Waals surface area contributed by atoms with E-state index >= 15 is 0 Å². The summed E-state index contributed by atoms with van der Waals surface area (Å²) < 4.78 is 11.1. The molecule has 16 heavy (non-hydrogen) atoms. The molecule has 1 aliphatic carbocycles. The summed E-state index contributed by atoms with van der Waals surface area (Å²) in [6, 6.07) is 1.16. The van der Waals surface area contributed by atoms with Gasteiger partial charge in [0.1, 0.15) is 0 Å². The Bertz CT molecular complexity index is 222. The van der Waals surface area contributed by atoms with E-state index < -0.39 is 10.8 Å². The Morgan fingerprint density at radius 1 is 1.31 bits per heavy atom. The first-order valence-corrected chi connectivity index (χ1v) is 8.29. The highest BCUT2D eigenvalue weighted by molar-refractivity contribution is 7.84. The zero-order valence-electron chi connectivity index (χ0n) is 11.2.